The fraction of sp³-hybridized carbons (Fsp3) is 0.429. The van der Waals surface area contributed by atoms with Gasteiger partial charge in [0.25, 0.3) is 0 Å². The monoisotopic (exact) mass is 408 g/mol. The van der Waals surface area contributed by atoms with E-state index in [1.54, 1.807) is 0 Å². The summed E-state index contributed by atoms with van der Waals surface area (Å²) in [5.74, 6) is 2.76. The molecule has 2 aliphatic heterocycles. The van der Waals surface area contributed by atoms with Crippen molar-refractivity contribution in [3.05, 3.63) is 47.8 Å². The Kier molecular flexibility index (Phi) is 5.06. The van der Waals surface area contributed by atoms with Gasteiger partial charge in [-0.1, -0.05) is 25.1 Å². The number of aliphatic hydroxyl groups is 1. The van der Waals surface area contributed by atoms with Crippen molar-refractivity contribution in [1.29, 1.82) is 0 Å². The summed E-state index contributed by atoms with van der Waals surface area (Å²) in [5, 5.41) is 17.7. The highest BCUT2D eigenvalue weighted by molar-refractivity contribution is 5.72. The number of nitrogens with zero attached hydrogens (tertiary/aromatic N) is 6. The van der Waals surface area contributed by atoms with Gasteiger partial charge in [-0.2, -0.15) is 0 Å². The number of aryl methyl sites for hydroxylation is 1. The van der Waals surface area contributed by atoms with Crippen molar-refractivity contribution in [2.75, 3.05) is 36.1 Å². The first-order chi connectivity index (χ1) is 14.7. The minimum Gasteiger partial charge on any atom is -0.423 e. The lowest BCUT2D eigenvalue weighted by Gasteiger charge is -2.45. The molecule has 5 rings (SSSR count). The van der Waals surface area contributed by atoms with Gasteiger partial charge < -0.3 is 24.1 Å². The third kappa shape index (κ3) is 3.50. The van der Waals surface area contributed by atoms with E-state index in [2.05, 4.69) is 25.0 Å². The molecule has 3 aromatic rings. The maximum atomic E-state index is 9.46. The minimum atomic E-state index is -0.0119. The number of rotatable bonds is 5. The molecule has 0 saturated carbocycles. The highest BCUT2D eigenvalue weighted by Crippen LogP contribution is 2.36. The molecule has 0 aliphatic carbocycles. The lowest BCUT2D eigenvalue weighted by Crippen LogP contribution is -2.55. The van der Waals surface area contributed by atoms with E-state index >= 15 is 0 Å². The van der Waals surface area contributed by atoms with Crippen molar-refractivity contribution in [2.45, 2.75) is 32.5 Å². The van der Waals surface area contributed by atoms with Gasteiger partial charge in [-0.3, -0.25) is 0 Å². The van der Waals surface area contributed by atoms with Crippen molar-refractivity contribution in [1.82, 2.24) is 20.2 Å². The quantitative estimate of drug-likeness (QED) is 0.677. The molecule has 2 aromatic heterocycles. The maximum absolute atomic E-state index is 9.46. The number of hydrogen-bond donors (Lipinski definition) is 1. The zero-order chi connectivity index (χ0) is 20.5. The molecule has 0 amide bonds. The van der Waals surface area contributed by atoms with Crippen molar-refractivity contribution >= 4 is 11.5 Å². The first-order valence-corrected chi connectivity index (χ1v) is 10.2. The Balaban J connectivity index is 1.52. The Hall–Kier alpha value is -3.04. The average Bonchev–Trinajstić information content (AvgIpc) is 3.26. The van der Waals surface area contributed by atoms with Crippen LogP contribution in [0.4, 0.5) is 11.5 Å². The number of anilines is 2. The number of aliphatic hydroxyl groups excluding tert-OH is 1. The van der Waals surface area contributed by atoms with Crippen LogP contribution in [0.5, 0.6) is 0 Å². The second-order valence-electron chi connectivity index (χ2n) is 7.51. The maximum Gasteiger partial charge on any atom is 0.235 e. The second-order valence-corrected chi connectivity index (χ2v) is 7.51. The smallest absolute Gasteiger partial charge is 0.235 e. The summed E-state index contributed by atoms with van der Waals surface area (Å²) in [7, 11) is 0. The van der Waals surface area contributed by atoms with Gasteiger partial charge >= 0.3 is 0 Å². The van der Waals surface area contributed by atoms with Gasteiger partial charge in [0.1, 0.15) is 0 Å². The summed E-state index contributed by atoms with van der Waals surface area (Å²) >= 11 is 0. The predicted molar refractivity (Wildman–Crippen MR) is 110 cm³/mol. The Bertz CT molecular complexity index is 1040. The Labute approximate surface area is 174 Å². The SMILES string of the molecule is CCc1nnc(CN2CC3COCCN3c3nc(-c4cccc(CO)c4)ncc32)o1. The van der Waals surface area contributed by atoms with Crippen molar-refractivity contribution in [3.63, 3.8) is 0 Å². The van der Waals surface area contributed by atoms with E-state index in [1.807, 2.05) is 37.4 Å². The molecular weight excluding hydrogens is 384 g/mol. The Morgan fingerprint density at radius 1 is 1.23 bits per heavy atom. The van der Waals surface area contributed by atoms with Gasteiger partial charge in [0.15, 0.2) is 11.6 Å². The molecule has 0 bridgehead atoms. The van der Waals surface area contributed by atoms with Crippen LogP contribution in [0.15, 0.2) is 34.9 Å². The van der Waals surface area contributed by atoms with Gasteiger partial charge in [0.2, 0.25) is 11.8 Å². The first kappa shape index (κ1) is 19.0. The molecule has 4 heterocycles. The second kappa shape index (κ2) is 8.00. The fourth-order valence-electron chi connectivity index (χ4n) is 3.99. The number of benzene rings is 1. The minimum absolute atomic E-state index is 0.0119. The van der Waals surface area contributed by atoms with Crippen LogP contribution in [0.25, 0.3) is 11.4 Å². The van der Waals surface area contributed by atoms with Crippen LogP contribution in [0.2, 0.25) is 0 Å². The Morgan fingerprint density at radius 2 is 2.13 bits per heavy atom. The number of morpholine rings is 1. The molecule has 1 N–H and O–H groups in total. The van der Waals surface area contributed by atoms with Crippen LogP contribution < -0.4 is 9.80 Å². The lowest BCUT2D eigenvalue weighted by atomic mass is 10.1. The fourth-order valence-corrected chi connectivity index (χ4v) is 3.99. The van der Waals surface area contributed by atoms with Gasteiger partial charge in [0, 0.05) is 25.1 Å². The summed E-state index contributed by atoms with van der Waals surface area (Å²) < 4.78 is 11.5. The van der Waals surface area contributed by atoms with Gasteiger partial charge in [0.05, 0.1) is 44.3 Å². The van der Waals surface area contributed by atoms with Crippen LogP contribution in [0.3, 0.4) is 0 Å². The van der Waals surface area contributed by atoms with Crippen molar-refractivity contribution in [2.24, 2.45) is 0 Å². The molecule has 0 spiro atoms. The van der Waals surface area contributed by atoms with E-state index in [0.29, 0.717) is 43.8 Å². The molecule has 1 saturated heterocycles. The number of hydrogen-bond acceptors (Lipinski definition) is 9. The molecule has 0 radical (unpaired) electrons. The zero-order valence-electron chi connectivity index (χ0n) is 16.9. The molecule has 1 unspecified atom stereocenters. The Morgan fingerprint density at radius 3 is 2.97 bits per heavy atom. The standard InChI is InChI=1S/C21H24N6O3/c1-2-18-24-25-19(30-18)11-26-10-16-13-29-7-6-27(16)21-17(26)9-22-20(23-21)15-5-3-4-14(8-15)12-28/h3-5,8-9,16,28H,2,6-7,10-13H2,1H3. The van der Waals surface area contributed by atoms with Crippen LogP contribution in [0.1, 0.15) is 24.3 Å². The van der Waals surface area contributed by atoms with E-state index in [-0.39, 0.29) is 12.6 Å². The summed E-state index contributed by atoms with van der Waals surface area (Å²) in [6.07, 6.45) is 2.58. The van der Waals surface area contributed by atoms with Crippen LogP contribution >= 0.6 is 0 Å². The molecule has 9 heteroatoms. The molecule has 2 aliphatic rings. The first-order valence-electron chi connectivity index (χ1n) is 10.2. The molecule has 9 nitrogen and oxygen atoms in total. The third-order valence-corrected chi connectivity index (χ3v) is 5.53. The zero-order valence-corrected chi connectivity index (χ0v) is 16.9. The number of ether oxygens (including phenoxy) is 1. The molecule has 1 atom stereocenters. The predicted octanol–water partition coefficient (Wildman–Crippen LogP) is 1.81. The molecule has 156 valence electrons. The van der Waals surface area contributed by atoms with Crippen LogP contribution in [0, 0.1) is 0 Å². The topological polar surface area (TPSA) is 101 Å². The summed E-state index contributed by atoms with van der Waals surface area (Å²) in [6.45, 7) is 5.39. The number of fused-ring (bicyclic) bond motifs is 3. The van der Waals surface area contributed by atoms with E-state index in [4.69, 9.17) is 14.1 Å². The van der Waals surface area contributed by atoms with E-state index in [1.165, 1.54) is 0 Å². The normalized spacial score (nSPS) is 18.3. The van der Waals surface area contributed by atoms with Gasteiger partial charge in [-0.15, -0.1) is 10.2 Å². The van der Waals surface area contributed by atoms with Crippen molar-refractivity contribution in [3.8, 4) is 11.4 Å². The van der Waals surface area contributed by atoms with E-state index in [9.17, 15) is 5.11 Å². The van der Waals surface area contributed by atoms with Crippen LogP contribution in [-0.4, -0.2) is 57.6 Å². The summed E-state index contributed by atoms with van der Waals surface area (Å²) in [6, 6.07) is 7.88. The number of aromatic nitrogens is 4. The van der Waals surface area contributed by atoms with Gasteiger partial charge in [-0.05, 0) is 11.6 Å². The largest absolute Gasteiger partial charge is 0.423 e. The summed E-state index contributed by atoms with van der Waals surface area (Å²) in [5.41, 5.74) is 2.67. The summed E-state index contributed by atoms with van der Waals surface area (Å²) in [4.78, 5) is 14.0. The highest BCUT2D eigenvalue weighted by Gasteiger charge is 2.35. The molecular formula is C21H24N6O3. The molecule has 1 fully saturated rings. The lowest BCUT2D eigenvalue weighted by molar-refractivity contribution is 0.0934. The van der Waals surface area contributed by atoms with E-state index in [0.717, 1.165) is 35.7 Å². The average molecular weight is 408 g/mol. The van der Waals surface area contributed by atoms with E-state index < -0.39 is 0 Å². The van der Waals surface area contributed by atoms with Gasteiger partial charge in [-0.25, -0.2) is 9.97 Å². The highest BCUT2D eigenvalue weighted by atomic mass is 16.5. The van der Waals surface area contributed by atoms with Crippen molar-refractivity contribution < 1.29 is 14.3 Å². The van der Waals surface area contributed by atoms with Crippen LogP contribution in [-0.2, 0) is 24.3 Å². The molecule has 30 heavy (non-hydrogen) atoms. The molecule has 1 aromatic carbocycles. The third-order valence-electron chi connectivity index (χ3n) is 5.53.